The van der Waals surface area contributed by atoms with Crippen LogP contribution < -0.4 is 5.32 Å². The third-order valence-electron chi connectivity index (χ3n) is 20.9. The molecule has 7 saturated carbocycles. The van der Waals surface area contributed by atoms with Gasteiger partial charge in [0.1, 0.15) is 23.6 Å². The highest BCUT2D eigenvalue weighted by molar-refractivity contribution is 5.86. The third kappa shape index (κ3) is 5.01. The number of allylic oxidation sites excluding steroid dienone is 4. The van der Waals surface area contributed by atoms with E-state index >= 15 is 0 Å². The summed E-state index contributed by atoms with van der Waals surface area (Å²) in [5, 5.41) is 82.8. The number of aldehydes is 1. The number of nitrogens with one attached hydrogen (secondary N) is 1. The Kier molecular flexibility index (Phi) is 9.30. The highest BCUT2D eigenvalue weighted by Crippen LogP contribution is 2.80. The molecule has 10 nitrogen and oxygen atoms in total. The summed E-state index contributed by atoms with van der Waals surface area (Å²) in [7, 11) is 1.91. The zero-order valence-corrected chi connectivity index (χ0v) is 36.4. The number of ether oxygens (including phenoxy) is 1. The lowest BCUT2D eigenvalue weighted by atomic mass is 9.30. The van der Waals surface area contributed by atoms with Gasteiger partial charge in [0.05, 0.1) is 29.8 Å². The predicted octanol–water partition coefficient (Wildman–Crippen LogP) is 4.31. The topological polar surface area (TPSA) is 177 Å². The molecular weight excluding hydrogens is 795 g/mol. The van der Waals surface area contributed by atoms with Gasteiger partial charge < -0.3 is 45.5 Å². The Morgan fingerprint density at radius 3 is 2.52 bits per heavy atom. The molecule has 12 aliphatic rings. The molecule has 0 radical (unpaired) electrons. The fourth-order valence-corrected chi connectivity index (χ4v) is 18.9. The van der Waals surface area contributed by atoms with Gasteiger partial charge in [0.2, 0.25) is 0 Å². The Balaban J connectivity index is 1.07. The van der Waals surface area contributed by atoms with Crippen LogP contribution in [0.3, 0.4) is 0 Å². The fraction of sp³-hybridized carbons (Fsp3) is 0.698. The van der Waals surface area contributed by atoms with Crippen molar-refractivity contribution >= 4 is 12.3 Å². The van der Waals surface area contributed by atoms with E-state index in [0.29, 0.717) is 56.8 Å². The smallest absolute Gasteiger partial charge is 0.331 e. The van der Waals surface area contributed by atoms with E-state index in [1.54, 1.807) is 6.08 Å². The lowest BCUT2D eigenvalue weighted by Crippen LogP contribution is -2.88. The van der Waals surface area contributed by atoms with E-state index in [2.05, 4.69) is 35.4 Å². The first-order chi connectivity index (χ1) is 30.4. The summed E-state index contributed by atoms with van der Waals surface area (Å²) >= 11 is 0. The predicted molar refractivity (Wildman–Crippen MR) is 232 cm³/mol. The molecule has 7 N–H and O–H groups in total. The van der Waals surface area contributed by atoms with Gasteiger partial charge in [0.15, 0.2) is 0 Å². The second-order valence-corrected chi connectivity index (χ2v) is 22.5. The minimum Gasteiger partial charge on any atom is -0.454 e. The van der Waals surface area contributed by atoms with Crippen molar-refractivity contribution < 1.29 is 45.0 Å². The van der Waals surface area contributed by atoms with E-state index in [-0.39, 0.29) is 55.1 Å². The number of benzene rings is 1. The number of aliphatic hydroxyl groups is 6. The molecule has 0 amide bonds. The van der Waals surface area contributed by atoms with Crippen molar-refractivity contribution in [2.24, 2.45) is 81.8 Å². The maximum Gasteiger partial charge on any atom is 0.331 e. The molecule has 1 spiro atoms. The Labute approximate surface area is 370 Å². The molecule has 4 bridgehead atoms. The van der Waals surface area contributed by atoms with Crippen LogP contribution in [0.5, 0.6) is 0 Å². The molecule has 0 saturated heterocycles. The number of fused-ring (bicyclic) bond motifs is 5. The van der Waals surface area contributed by atoms with E-state index in [4.69, 9.17) is 4.74 Å². The molecule has 1 heterocycles. The summed E-state index contributed by atoms with van der Waals surface area (Å²) in [6, 6.07) is 5.62. The molecule has 10 heteroatoms. The van der Waals surface area contributed by atoms with Gasteiger partial charge in [0.25, 0.3) is 0 Å². The van der Waals surface area contributed by atoms with Gasteiger partial charge in [-0.2, -0.15) is 0 Å². The SMILES string of the molecule is CNC1Cc2c(cccc2CO)C#CCCC23CC4C=CC5CC(O)C6CC7C=CCC(C8CCCC8)C7CC7C(O)C(O)(C4C5(C=O)C67O)C2(O)CC2CC1C1OC(=O)C=C1C23. The van der Waals surface area contributed by atoms with Gasteiger partial charge in [-0.05, 0) is 135 Å². The van der Waals surface area contributed by atoms with Gasteiger partial charge >= 0.3 is 5.97 Å². The molecule has 336 valence electrons. The van der Waals surface area contributed by atoms with Crippen LogP contribution in [0.25, 0.3) is 0 Å². The summed E-state index contributed by atoms with van der Waals surface area (Å²) in [6.45, 7) is -0.133. The quantitative estimate of drug-likeness (QED) is 0.100. The van der Waals surface area contributed by atoms with Crippen LogP contribution >= 0.6 is 0 Å². The molecule has 20 atom stereocenters. The Bertz CT molecular complexity index is 2260. The van der Waals surface area contributed by atoms with Gasteiger partial charge in [-0.3, -0.25) is 0 Å². The Hall–Kier alpha value is -3.14. The normalized spacial score (nSPS) is 52.2. The maximum atomic E-state index is 14.6. The van der Waals surface area contributed by atoms with E-state index in [1.165, 1.54) is 12.8 Å². The van der Waals surface area contributed by atoms with Crippen molar-refractivity contribution in [1.82, 2.24) is 5.32 Å². The fourth-order valence-electron chi connectivity index (χ4n) is 18.9. The molecule has 63 heavy (non-hydrogen) atoms. The minimum absolute atomic E-state index is 0.0470. The summed E-state index contributed by atoms with van der Waals surface area (Å²) < 4.78 is 6.29. The van der Waals surface area contributed by atoms with E-state index in [1.807, 2.05) is 31.3 Å². The first kappa shape index (κ1) is 41.3. The number of carbonyl (C=O) groups is 2. The van der Waals surface area contributed by atoms with E-state index < -0.39 is 81.5 Å². The molecule has 0 aromatic heterocycles. The van der Waals surface area contributed by atoms with Crippen LogP contribution in [0.15, 0.2) is 54.2 Å². The van der Waals surface area contributed by atoms with Crippen molar-refractivity contribution in [3.63, 3.8) is 0 Å². The van der Waals surface area contributed by atoms with E-state index in [9.17, 15) is 40.2 Å². The summed E-state index contributed by atoms with van der Waals surface area (Å²) in [5.41, 5.74) is -5.28. The van der Waals surface area contributed by atoms with Crippen molar-refractivity contribution in [2.75, 3.05) is 7.05 Å². The Morgan fingerprint density at radius 2 is 1.75 bits per heavy atom. The van der Waals surface area contributed by atoms with Crippen molar-refractivity contribution in [1.29, 1.82) is 0 Å². The second-order valence-electron chi connectivity index (χ2n) is 22.5. The van der Waals surface area contributed by atoms with E-state index in [0.717, 1.165) is 47.8 Å². The zero-order chi connectivity index (χ0) is 43.4. The number of rotatable bonds is 4. The first-order valence-corrected chi connectivity index (χ1v) is 24.5. The third-order valence-corrected chi connectivity index (χ3v) is 20.9. The molecule has 11 aliphatic carbocycles. The Morgan fingerprint density at radius 1 is 0.921 bits per heavy atom. The average molecular weight is 860 g/mol. The summed E-state index contributed by atoms with van der Waals surface area (Å²) in [4.78, 5) is 28.3. The van der Waals surface area contributed by atoms with Crippen LogP contribution in [0.4, 0.5) is 0 Å². The zero-order valence-electron chi connectivity index (χ0n) is 36.4. The lowest BCUT2D eigenvalue weighted by molar-refractivity contribution is -0.390. The summed E-state index contributed by atoms with van der Waals surface area (Å²) in [5.74, 6) is 2.82. The number of likely N-dealkylation sites (N-methyl/N-ethyl adjacent to an activating group) is 1. The molecule has 20 unspecified atom stereocenters. The average Bonchev–Trinajstić information content (AvgIpc) is 3.99. The molecule has 1 aromatic carbocycles. The van der Waals surface area contributed by atoms with Gasteiger partial charge in [-0.15, -0.1) is 0 Å². The first-order valence-electron chi connectivity index (χ1n) is 24.5. The maximum absolute atomic E-state index is 14.6. The van der Waals surface area contributed by atoms with Crippen LogP contribution in [0, 0.1) is 93.7 Å². The number of esters is 1. The standard InChI is InChI=1S/C53H65NO9/c1-54-42-22-36-29(11-6-13-32(36)26-55)10-4-5-17-49-24-31-15-16-34-20-43(57)40-19-30-12-7-14-35(28-8-2-3-9-28)37(30)21-41-48(59)53(62,47(31)50(34,27-56)52(40,41)61)51(49,60)25-33-18-38(42)46-39(45(33)49)23-44(58)63-46/h6-7,11-13,15-16,23,27-28,30-31,33-35,37-38,40-43,45-48,54-55,57,59-62H,2-3,5,8-9,14,17-22,24-26H2,1H3. The van der Waals surface area contributed by atoms with Gasteiger partial charge in [-0.25, -0.2) is 4.79 Å². The lowest BCUT2D eigenvalue weighted by Gasteiger charge is -2.76. The highest BCUT2D eigenvalue weighted by atomic mass is 16.5. The van der Waals surface area contributed by atoms with Crippen molar-refractivity contribution in [3.8, 4) is 11.8 Å². The number of hydrogen-bond donors (Lipinski definition) is 7. The molecule has 1 aromatic rings. The summed E-state index contributed by atoms with van der Waals surface area (Å²) in [6.07, 6.45) is 17.1. The molecule has 7 fully saturated rings. The molecule has 13 rings (SSSR count). The van der Waals surface area contributed by atoms with Gasteiger partial charge in [0, 0.05) is 53.2 Å². The molecular formula is C53H65NO9. The number of hydrogen-bond acceptors (Lipinski definition) is 10. The van der Waals surface area contributed by atoms with Crippen molar-refractivity contribution in [2.45, 2.75) is 138 Å². The van der Waals surface area contributed by atoms with Gasteiger partial charge in [-0.1, -0.05) is 74.0 Å². The number of aliphatic hydroxyl groups excluding tert-OH is 3. The highest BCUT2D eigenvalue weighted by Gasteiger charge is 2.88. The van der Waals surface area contributed by atoms with Crippen molar-refractivity contribution in [3.05, 3.63) is 70.8 Å². The van der Waals surface area contributed by atoms with Crippen LogP contribution in [-0.4, -0.2) is 91.1 Å². The molecule has 1 aliphatic heterocycles. The second kappa shape index (κ2) is 14.2. The van der Waals surface area contributed by atoms with Crippen LogP contribution in [-0.2, 0) is 27.4 Å². The minimum atomic E-state index is -2.24. The largest absolute Gasteiger partial charge is 0.454 e. The van der Waals surface area contributed by atoms with Crippen LogP contribution in [0.2, 0.25) is 0 Å². The monoisotopic (exact) mass is 859 g/mol. The number of carbonyl (C=O) groups excluding carboxylic acids is 2. The van der Waals surface area contributed by atoms with Crippen LogP contribution in [0.1, 0.15) is 100 Å².